The van der Waals surface area contributed by atoms with Gasteiger partial charge in [0, 0.05) is 17.4 Å². The molecule has 1 heterocycles. The molecule has 1 aromatic carbocycles. The number of nitrogens with zero attached hydrogens (tertiary/aromatic N) is 1. The van der Waals surface area contributed by atoms with Crippen LogP contribution in [-0.4, -0.2) is 36.8 Å². The second-order valence-corrected chi connectivity index (χ2v) is 5.13. The van der Waals surface area contributed by atoms with E-state index in [-0.39, 0.29) is 18.2 Å². The molecule has 1 aromatic rings. The van der Waals surface area contributed by atoms with Crippen LogP contribution >= 0.6 is 15.9 Å². The molecule has 18 heavy (non-hydrogen) atoms. The van der Waals surface area contributed by atoms with Crippen LogP contribution in [-0.2, 0) is 4.79 Å². The molecule has 0 spiro atoms. The Morgan fingerprint density at radius 1 is 1.44 bits per heavy atom. The van der Waals surface area contributed by atoms with Gasteiger partial charge in [-0.2, -0.15) is 0 Å². The summed E-state index contributed by atoms with van der Waals surface area (Å²) in [6.07, 6.45) is 1.31. The van der Waals surface area contributed by atoms with Gasteiger partial charge in [-0.25, -0.2) is 0 Å². The van der Waals surface area contributed by atoms with Gasteiger partial charge in [-0.05, 0) is 24.6 Å². The number of hydrogen-bond donors (Lipinski definition) is 0. The summed E-state index contributed by atoms with van der Waals surface area (Å²) in [6, 6.07) is 5.25. The van der Waals surface area contributed by atoms with Gasteiger partial charge in [0.15, 0.2) is 5.78 Å². The highest BCUT2D eigenvalue weighted by Gasteiger charge is 2.24. The van der Waals surface area contributed by atoms with E-state index in [0.29, 0.717) is 24.3 Å². The van der Waals surface area contributed by atoms with E-state index in [1.54, 1.807) is 23.1 Å². The minimum absolute atomic E-state index is 0.116. The molecule has 0 bridgehead atoms. The molecule has 0 unspecified atom stereocenters. The normalized spacial score (nSPS) is 15.7. The van der Waals surface area contributed by atoms with Crippen molar-refractivity contribution in [2.75, 3.05) is 20.2 Å². The maximum absolute atomic E-state index is 12.3. The predicted octanol–water partition coefficient (Wildman–Crippen LogP) is 2.26. The highest BCUT2D eigenvalue weighted by atomic mass is 79.9. The maximum atomic E-state index is 12.3. The predicted molar refractivity (Wildman–Crippen MR) is 70.8 cm³/mol. The monoisotopic (exact) mass is 311 g/mol. The molecule has 1 aliphatic heterocycles. The second kappa shape index (κ2) is 5.52. The summed E-state index contributed by atoms with van der Waals surface area (Å²) < 4.78 is 6.05. The number of benzene rings is 1. The summed E-state index contributed by atoms with van der Waals surface area (Å²) >= 11 is 3.33. The summed E-state index contributed by atoms with van der Waals surface area (Å²) in [5, 5.41) is 0. The lowest BCUT2D eigenvalue weighted by molar-refractivity contribution is -0.121. The molecule has 0 aromatic heterocycles. The number of amides is 1. The van der Waals surface area contributed by atoms with Crippen molar-refractivity contribution in [3.05, 3.63) is 28.2 Å². The van der Waals surface area contributed by atoms with Crippen molar-refractivity contribution < 1.29 is 14.3 Å². The van der Waals surface area contributed by atoms with Crippen LogP contribution < -0.4 is 4.74 Å². The van der Waals surface area contributed by atoms with Crippen LogP contribution in [0.5, 0.6) is 5.75 Å². The first kappa shape index (κ1) is 13.1. The van der Waals surface area contributed by atoms with Crippen molar-refractivity contribution >= 4 is 27.6 Å². The van der Waals surface area contributed by atoms with Crippen molar-refractivity contribution in [2.24, 2.45) is 0 Å². The number of likely N-dealkylation sites (tertiary alicyclic amines) is 1. The Kier molecular flexibility index (Phi) is 4.01. The molecule has 96 valence electrons. The molecule has 1 aliphatic rings. The number of carbonyl (C=O) groups is 2. The van der Waals surface area contributed by atoms with Gasteiger partial charge in [0.25, 0.3) is 5.91 Å². The molecule has 1 saturated heterocycles. The zero-order chi connectivity index (χ0) is 13.1. The van der Waals surface area contributed by atoms with Crippen LogP contribution in [0.1, 0.15) is 23.2 Å². The van der Waals surface area contributed by atoms with E-state index in [1.807, 2.05) is 0 Å². The van der Waals surface area contributed by atoms with E-state index < -0.39 is 0 Å². The van der Waals surface area contributed by atoms with Gasteiger partial charge in [-0.1, -0.05) is 15.9 Å². The van der Waals surface area contributed by atoms with Gasteiger partial charge in [-0.15, -0.1) is 0 Å². The fraction of sp³-hybridized carbons (Fsp3) is 0.385. The number of hydrogen-bond acceptors (Lipinski definition) is 3. The largest absolute Gasteiger partial charge is 0.496 e. The molecule has 0 aliphatic carbocycles. The zero-order valence-electron chi connectivity index (χ0n) is 10.1. The van der Waals surface area contributed by atoms with E-state index >= 15 is 0 Å². The van der Waals surface area contributed by atoms with Crippen LogP contribution in [0.4, 0.5) is 0 Å². The molecule has 1 amide bonds. The lowest BCUT2D eigenvalue weighted by atomic mass is 10.1. The Bertz CT molecular complexity index is 487. The van der Waals surface area contributed by atoms with E-state index in [4.69, 9.17) is 4.74 Å². The third-order valence-electron chi connectivity index (χ3n) is 2.93. The number of rotatable bonds is 2. The van der Waals surface area contributed by atoms with Crippen molar-refractivity contribution in [1.82, 2.24) is 4.90 Å². The van der Waals surface area contributed by atoms with E-state index in [2.05, 4.69) is 15.9 Å². The van der Waals surface area contributed by atoms with Gasteiger partial charge in [0.05, 0.1) is 19.2 Å². The van der Waals surface area contributed by atoms with E-state index in [1.165, 1.54) is 7.11 Å². The first-order valence-electron chi connectivity index (χ1n) is 5.76. The first-order valence-corrected chi connectivity index (χ1v) is 6.55. The summed E-state index contributed by atoms with van der Waals surface area (Å²) in [6.45, 7) is 0.835. The van der Waals surface area contributed by atoms with Crippen molar-refractivity contribution in [2.45, 2.75) is 12.8 Å². The molecule has 2 rings (SSSR count). The molecule has 1 fully saturated rings. The number of piperidine rings is 1. The highest BCUT2D eigenvalue weighted by molar-refractivity contribution is 9.10. The summed E-state index contributed by atoms with van der Waals surface area (Å²) in [5.41, 5.74) is 0.496. The Morgan fingerprint density at radius 3 is 2.89 bits per heavy atom. The molecule has 0 N–H and O–H groups in total. The van der Waals surface area contributed by atoms with Crippen LogP contribution in [0.2, 0.25) is 0 Å². The molecule has 4 nitrogen and oxygen atoms in total. The van der Waals surface area contributed by atoms with Gasteiger partial charge in [-0.3, -0.25) is 9.59 Å². The SMILES string of the molecule is COc1cc(Br)ccc1C(=O)N1CCCC(=O)C1. The molecular weight excluding hydrogens is 298 g/mol. The van der Waals surface area contributed by atoms with Crippen molar-refractivity contribution in [3.63, 3.8) is 0 Å². The fourth-order valence-electron chi connectivity index (χ4n) is 2.02. The Balaban J connectivity index is 2.25. The van der Waals surface area contributed by atoms with E-state index in [0.717, 1.165) is 10.9 Å². The van der Waals surface area contributed by atoms with Crippen molar-refractivity contribution in [1.29, 1.82) is 0 Å². The lowest BCUT2D eigenvalue weighted by Crippen LogP contribution is -2.40. The molecular formula is C13H14BrNO3. The average molecular weight is 312 g/mol. The standard InChI is InChI=1S/C13H14BrNO3/c1-18-12-7-9(14)4-5-11(12)13(17)15-6-2-3-10(16)8-15/h4-5,7H,2-3,6,8H2,1H3. The summed E-state index contributed by atoms with van der Waals surface area (Å²) in [7, 11) is 1.53. The van der Waals surface area contributed by atoms with Gasteiger partial charge in [0.2, 0.25) is 0 Å². The Hall–Kier alpha value is -1.36. The Morgan fingerprint density at radius 2 is 2.22 bits per heavy atom. The maximum Gasteiger partial charge on any atom is 0.258 e. The second-order valence-electron chi connectivity index (χ2n) is 4.21. The minimum atomic E-state index is -0.146. The third-order valence-corrected chi connectivity index (χ3v) is 3.43. The molecule has 0 saturated carbocycles. The van der Waals surface area contributed by atoms with Gasteiger partial charge in [0.1, 0.15) is 5.75 Å². The lowest BCUT2D eigenvalue weighted by Gasteiger charge is -2.26. The van der Waals surface area contributed by atoms with Crippen LogP contribution in [0.3, 0.4) is 0 Å². The van der Waals surface area contributed by atoms with Crippen molar-refractivity contribution in [3.8, 4) is 5.75 Å². The molecule has 5 heteroatoms. The van der Waals surface area contributed by atoms with Gasteiger partial charge < -0.3 is 9.64 Å². The quantitative estimate of drug-likeness (QED) is 0.841. The topological polar surface area (TPSA) is 46.6 Å². The van der Waals surface area contributed by atoms with Crippen LogP contribution in [0, 0.1) is 0 Å². The molecule has 0 radical (unpaired) electrons. The highest BCUT2D eigenvalue weighted by Crippen LogP contribution is 2.25. The zero-order valence-corrected chi connectivity index (χ0v) is 11.7. The third kappa shape index (κ3) is 2.72. The molecule has 0 atom stereocenters. The average Bonchev–Trinajstić information content (AvgIpc) is 2.37. The number of methoxy groups -OCH3 is 1. The summed E-state index contributed by atoms with van der Waals surface area (Å²) in [4.78, 5) is 25.3. The van der Waals surface area contributed by atoms with Crippen LogP contribution in [0.15, 0.2) is 22.7 Å². The fourth-order valence-corrected chi connectivity index (χ4v) is 2.36. The summed E-state index contributed by atoms with van der Waals surface area (Å²) in [5.74, 6) is 0.491. The Labute approximate surface area is 114 Å². The number of carbonyl (C=O) groups excluding carboxylic acids is 2. The number of halogens is 1. The number of Topliss-reactive ketones (excluding diaryl/α,β-unsaturated/α-hetero) is 1. The van der Waals surface area contributed by atoms with E-state index in [9.17, 15) is 9.59 Å². The first-order chi connectivity index (χ1) is 8.61. The number of ether oxygens (including phenoxy) is 1. The number of ketones is 1. The van der Waals surface area contributed by atoms with Gasteiger partial charge >= 0.3 is 0 Å². The van der Waals surface area contributed by atoms with Crippen LogP contribution in [0.25, 0.3) is 0 Å². The smallest absolute Gasteiger partial charge is 0.258 e. The minimum Gasteiger partial charge on any atom is -0.496 e.